The first-order valence-corrected chi connectivity index (χ1v) is 7.24. The molecule has 2 heterocycles. The summed E-state index contributed by atoms with van der Waals surface area (Å²) in [6.07, 6.45) is 3.77. The maximum absolute atomic E-state index is 10.5. The molecule has 0 radical (unpaired) electrons. The molecule has 0 bridgehead atoms. The number of nitrogens with zero attached hydrogens (tertiary/aromatic N) is 2. The van der Waals surface area contributed by atoms with Gasteiger partial charge in [0.25, 0.3) is 0 Å². The minimum absolute atomic E-state index is 0.00591. The lowest BCUT2D eigenvalue weighted by atomic mass is 10.3. The van der Waals surface area contributed by atoms with Gasteiger partial charge in [-0.1, -0.05) is 0 Å². The van der Waals surface area contributed by atoms with Crippen molar-refractivity contribution in [1.82, 2.24) is 9.88 Å². The van der Waals surface area contributed by atoms with Crippen LogP contribution in [0.4, 0.5) is 5.13 Å². The Kier molecular flexibility index (Phi) is 4.95. The van der Waals surface area contributed by atoms with Gasteiger partial charge in [-0.25, -0.2) is 4.98 Å². The van der Waals surface area contributed by atoms with Crippen molar-refractivity contribution in [2.75, 3.05) is 31.5 Å². The number of aromatic nitrogens is 1. The molecule has 1 aromatic heterocycles. The first-order chi connectivity index (χ1) is 8.74. The van der Waals surface area contributed by atoms with Gasteiger partial charge in [-0.05, 0) is 38.9 Å². The number of carboxylic acid groups (broad SMARTS) is 1. The summed E-state index contributed by atoms with van der Waals surface area (Å²) in [4.78, 5) is 17.2. The van der Waals surface area contributed by atoms with Crippen molar-refractivity contribution in [3.63, 3.8) is 0 Å². The van der Waals surface area contributed by atoms with Crippen LogP contribution in [0.5, 0.6) is 0 Å². The Labute approximate surface area is 111 Å². The molecule has 0 saturated carbocycles. The lowest BCUT2D eigenvalue weighted by molar-refractivity contribution is -0.136. The van der Waals surface area contributed by atoms with E-state index in [9.17, 15) is 4.79 Å². The number of thiazole rings is 1. The Bertz CT molecular complexity index is 388. The molecule has 2 rings (SSSR count). The van der Waals surface area contributed by atoms with Gasteiger partial charge >= 0.3 is 5.97 Å². The predicted molar refractivity (Wildman–Crippen MR) is 72.2 cm³/mol. The van der Waals surface area contributed by atoms with Crippen LogP contribution in [0.2, 0.25) is 0 Å². The van der Waals surface area contributed by atoms with E-state index in [1.807, 2.05) is 0 Å². The van der Waals surface area contributed by atoms with Gasteiger partial charge in [0.05, 0.1) is 12.1 Å². The molecule has 1 fully saturated rings. The molecule has 0 amide bonds. The van der Waals surface area contributed by atoms with Crippen molar-refractivity contribution in [1.29, 1.82) is 0 Å². The highest BCUT2D eigenvalue weighted by atomic mass is 32.1. The van der Waals surface area contributed by atoms with Crippen LogP contribution in [0, 0.1) is 0 Å². The molecular formula is C12H19N3O2S. The smallest absolute Gasteiger partial charge is 0.309 e. The number of anilines is 1. The summed E-state index contributed by atoms with van der Waals surface area (Å²) in [7, 11) is 0. The summed E-state index contributed by atoms with van der Waals surface area (Å²) in [5.41, 5.74) is 0.634. The van der Waals surface area contributed by atoms with Crippen molar-refractivity contribution in [2.45, 2.75) is 25.7 Å². The van der Waals surface area contributed by atoms with Crippen molar-refractivity contribution < 1.29 is 9.90 Å². The van der Waals surface area contributed by atoms with E-state index in [1.54, 1.807) is 5.38 Å². The van der Waals surface area contributed by atoms with Gasteiger partial charge < -0.3 is 15.3 Å². The van der Waals surface area contributed by atoms with E-state index < -0.39 is 5.97 Å². The quantitative estimate of drug-likeness (QED) is 0.737. The number of likely N-dealkylation sites (tertiary alicyclic amines) is 1. The molecule has 0 atom stereocenters. The molecule has 6 heteroatoms. The normalized spacial score (nSPS) is 16.0. The lowest BCUT2D eigenvalue weighted by Crippen LogP contribution is -2.22. The summed E-state index contributed by atoms with van der Waals surface area (Å²) < 4.78 is 0. The zero-order valence-electron chi connectivity index (χ0n) is 10.4. The molecule has 0 unspecified atom stereocenters. The Morgan fingerprint density at radius 3 is 3.00 bits per heavy atom. The molecule has 1 aromatic rings. The van der Waals surface area contributed by atoms with Crippen LogP contribution in [0.1, 0.15) is 25.0 Å². The topological polar surface area (TPSA) is 65.5 Å². The van der Waals surface area contributed by atoms with Crippen LogP contribution in [0.15, 0.2) is 5.38 Å². The Hall–Kier alpha value is -1.14. The van der Waals surface area contributed by atoms with Gasteiger partial charge in [-0.3, -0.25) is 4.79 Å². The van der Waals surface area contributed by atoms with Gasteiger partial charge in [-0.15, -0.1) is 11.3 Å². The summed E-state index contributed by atoms with van der Waals surface area (Å²) >= 11 is 1.48. The van der Waals surface area contributed by atoms with Crippen molar-refractivity contribution in [3.8, 4) is 0 Å². The Morgan fingerprint density at radius 1 is 1.50 bits per heavy atom. The standard InChI is InChI=1S/C12H19N3O2S/c16-11(17)8-10-9-18-12(14-10)13-4-3-7-15-5-1-2-6-15/h9H,1-8H2,(H,13,14)(H,16,17). The SMILES string of the molecule is O=C(O)Cc1csc(NCCCN2CCCC2)n1. The maximum Gasteiger partial charge on any atom is 0.309 e. The second kappa shape index (κ2) is 6.70. The fraction of sp³-hybridized carbons (Fsp3) is 0.667. The molecule has 18 heavy (non-hydrogen) atoms. The average Bonchev–Trinajstić information content (AvgIpc) is 2.95. The van der Waals surface area contributed by atoms with E-state index >= 15 is 0 Å². The van der Waals surface area contributed by atoms with Crippen molar-refractivity contribution in [3.05, 3.63) is 11.1 Å². The van der Waals surface area contributed by atoms with E-state index in [-0.39, 0.29) is 6.42 Å². The summed E-state index contributed by atoms with van der Waals surface area (Å²) in [5.74, 6) is -0.833. The number of rotatable bonds is 7. The fourth-order valence-corrected chi connectivity index (χ4v) is 2.87. The summed E-state index contributed by atoms with van der Waals surface area (Å²) in [5, 5.41) is 14.5. The van der Waals surface area contributed by atoms with E-state index in [0.717, 1.165) is 24.6 Å². The van der Waals surface area contributed by atoms with E-state index in [1.165, 1.54) is 37.3 Å². The fourth-order valence-electron chi connectivity index (χ4n) is 2.13. The molecule has 1 saturated heterocycles. The molecule has 1 aliphatic heterocycles. The maximum atomic E-state index is 10.5. The first-order valence-electron chi connectivity index (χ1n) is 6.36. The number of hydrogen-bond donors (Lipinski definition) is 2. The molecule has 100 valence electrons. The summed E-state index contributed by atoms with van der Waals surface area (Å²) in [6.45, 7) is 4.51. The van der Waals surface area contributed by atoms with Gasteiger partial charge in [-0.2, -0.15) is 0 Å². The van der Waals surface area contributed by atoms with Gasteiger partial charge in [0.15, 0.2) is 5.13 Å². The number of nitrogens with one attached hydrogen (secondary N) is 1. The molecular weight excluding hydrogens is 250 g/mol. The minimum atomic E-state index is -0.833. The van der Waals surface area contributed by atoms with Crippen LogP contribution in [0.25, 0.3) is 0 Å². The van der Waals surface area contributed by atoms with Gasteiger partial charge in [0.1, 0.15) is 0 Å². The molecule has 0 aromatic carbocycles. The number of aliphatic carboxylic acids is 1. The zero-order chi connectivity index (χ0) is 12.8. The highest BCUT2D eigenvalue weighted by molar-refractivity contribution is 7.13. The molecule has 0 aliphatic carbocycles. The van der Waals surface area contributed by atoms with Crippen LogP contribution in [-0.4, -0.2) is 47.1 Å². The molecule has 0 spiro atoms. The van der Waals surface area contributed by atoms with E-state index in [2.05, 4.69) is 15.2 Å². The number of carbonyl (C=O) groups is 1. The molecule has 5 nitrogen and oxygen atoms in total. The number of carboxylic acids is 1. The molecule has 2 N–H and O–H groups in total. The van der Waals surface area contributed by atoms with Gasteiger partial charge in [0, 0.05) is 11.9 Å². The third kappa shape index (κ3) is 4.27. The largest absolute Gasteiger partial charge is 0.481 e. The third-order valence-corrected chi connectivity index (χ3v) is 3.86. The lowest BCUT2D eigenvalue weighted by Gasteiger charge is -2.13. The first kappa shape index (κ1) is 13.3. The average molecular weight is 269 g/mol. The Balaban J connectivity index is 1.63. The second-order valence-electron chi connectivity index (χ2n) is 4.54. The van der Waals surface area contributed by atoms with Crippen LogP contribution in [0.3, 0.4) is 0 Å². The highest BCUT2D eigenvalue weighted by Crippen LogP contribution is 2.15. The zero-order valence-corrected chi connectivity index (χ0v) is 11.2. The minimum Gasteiger partial charge on any atom is -0.481 e. The van der Waals surface area contributed by atoms with Crippen molar-refractivity contribution in [2.24, 2.45) is 0 Å². The second-order valence-corrected chi connectivity index (χ2v) is 5.40. The Morgan fingerprint density at radius 2 is 2.28 bits per heavy atom. The van der Waals surface area contributed by atoms with E-state index in [0.29, 0.717) is 5.69 Å². The van der Waals surface area contributed by atoms with Crippen LogP contribution >= 0.6 is 11.3 Å². The van der Waals surface area contributed by atoms with E-state index in [4.69, 9.17) is 5.11 Å². The molecule has 1 aliphatic rings. The predicted octanol–water partition coefficient (Wildman–Crippen LogP) is 1.67. The monoisotopic (exact) mass is 269 g/mol. The highest BCUT2D eigenvalue weighted by Gasteiger charge is 2.10. The van der Waals surface area contributed by atoms with Crippen LogP contribution in [-0.2, 0) is 11.2 Å². The van der Waals surface area contributed by atoms with Crippen molar-refractivity contribution >= 4 is 22.4 Å². The van der Waals surface area contributed by atoms with Gasteiger partial charge in [0.2, 0.25) is 0 Å². The summed E-state index contributed by atoms with van der Waals surface area (Å²) in [6, 6.07) is 0. The van der Waals surface area contributed by atoms with Crippen LogP contribution < -0.4 is 5.32 Å². The third-order valence-electron chi connectivity index (χ3n) is 3.01. The number of hydrogen-bond acceptors (Lipinski definition) is 5.